The summed E-state index contributed by atoms with van der Waals surface area (Å²) in [5, 5.41) is 13.9. The van der Waals surface area contributed by atoms with Gasteiger partial charge in [0.25, 0.3) is 5.69 Å². The van der Waals surface area contributed by atoms with E-state index < -0.39 is 0 Å². The van der Waals surface area contributed by atoms with Crippen molar-refractivity contribution in [3.63, 3.8) is 0 Å². The number of nitro groups is 1. The molecule has 1 unspecified atom stereocenters. The van der Waals surface area contributed by atoms with Gasteiger partial charge in [0.15, 0.2) is 0 Å². The Hall–Kier alpha value is -1.66. The molecule has 18 heavy (non-hydrogen) atoms. The summed E-state index contributed by atoms with van der Waals surface area (Å²) in [7, 11) is 2.04. The van der Waals surface area contributed by atoms with E-state index >= 15 is 0 Å². The summed E-state index contributed by atoms with van der Waals surface area (Å²) in [4.78, 5) is 12.7. The van der Waals surface area contributed by atoms with E-state index in [0.717, 1.165) is 13.1 Å². The molecule has 1 aromatic rings. The van der Waals surface area contributed by atoms with Gasteiger partial charge >= 0.3 is 0 Å². The molecule has 0 spiro atoms. The summed E-state index contributed by atoms with van der Waals surface area (Å²) in [5.74, 6) is 0. The molecule has 1 atom stereocenters. The molecule has 0 saturated carbocycles. The minimum Gasteiger partial charge on any atom is -0.377 e. The number of benzene rings is 1. The number of nitro benzene ring substituents is 1. The zero-order chi connectivity index (χ0) is 13.0. The first-order valence-corrected chi connectivity index (χ1v) is 5.94. The van der Waals surface area contributed by atoms with E-state index in [0.29, 0.717) is 18.8 Å². The number of hydrogen-bond donors (Lipinski definition) is 1. The monoisotopic (exact) mass is 251 g/mol. The highest BCUT2D eigenvalue weighted by molar-refractivity contribution is 5.61. The Morgan fingerprint density at radius 3 is 3.06 bits per heavy atom. The quantitative estimate of drug-likeness (QED) is 0.646. The third-order valence-corrected chi connectivity index (χ3v) is 2.96. The molecule has 0 radical (unpaired) electrons. The highest BCUT2D eigenvalue weighted by Gasteiger charge is 2.19. The number of morpholine rings is 1. The van der Waals surface area contributed by atoms with Gasteiger partial charge in [-0.3, -0.25) is 10.1 Å². The minimum atomic E-state index is -0.379. The average Bonchev–Trinajstić information content (AvgIpc) is 2.37. The van der Waals surface area contributed by atoms with Crippen molar-refractivity contribution in [2.24, 2.45) is 0 Å². The van der Waals surface area contributed by atoms with E-state index in [9.17, 15) is 10.1 Å². The normalized spacial score (nSPS) is 20.6. The molecule has 1 N–H and O–H groups in total. The number of para-hydroxylation sites is 2. The van der Waals surface area contributed by atoms with E-state index in [4.69, 9.17) is 4.74 Å². The maximum absolute atomic E-state index is 10.9. The van der Waals surface area contributed by atoms with Crippen molar-refractivity contribution in [1.29, 1.82) is 0 Å². The van der Waals surface area contributed by atoms with Crippen molar-refractivity contribution in [3.05, 3.63) is 34.4 Å². The molecule has 1 aliphatic heterocycles. The van der Waals surface area contributed by atoms with Crippen LogP contribution in [0.4, 0.5) is 11.4 Å². The standard InChI is InChI=1S/C12H17N3O3/c1-14-6-7-18-10(9-14)8-13-11-4-2-3-5-12(11)15(16)17/h2-5,10,13H,6-9H2,1H3. The SMILES string of the molecule is CN1CCOC(CNc2ccccc2[N+](=O)[O-])C1. The van der Waals surface area contributed by atoms with E-state index in [1.54, 1.807) is 18.2 Å². The molecular formula is C12H17N3O3. The van der Waals surface area contributed by atoms with Crippen LogP contribution >= 0.6 is 0 Å². The third-order valence-electron chi connectivity index (χ3n) is 2.96. The average molecular weight is 251 g/mol. The first-order chi connectivity index (χ1) is 8.66. The number of rotatable bonds is 4. The van der Waals surface area contributed by atoms with Gasteiger partial charge in [-0.15, -0.1) is 0 Å². The Kier molecular flexibility index (Phi) is 4.11. The lowest BCUT2D eigenvalue weighted by molar-refractivity contribution is -0.384. The highest BCUT2D eigenvalue weighted by atomic mass is 16.6. The first-order valence-electron chi connectivity index (χ1n) is 5.94. The van der Waals surface area contributed by atoms with E-state index in [1.807, 2.05) is 7.05 Å². The van der Waals surface area contributed by atoms with Crippen molar-refractivity contribution in [3.8, 4) is 0 Å². The minimum absolute atomic E-state index is 0.0727. The van der Waals surface area contributed by atoms with Crippen LogP contribution in [0.5, 0.6) is 0 Å². The second-order valence-electron chi connectivity index (χ2n) is 4.41. The molecule has 6 nitrogen and oxygen atoms in total. The van der Waals surface area contributed by atoms with Crippen LogP contribution in [0.15, 0.2) is 24.3 Å². The fraction of sp³-hybridized carbons (Fsp3) is 0.500. The Morgan fingerprint density at radius 2 is 2.33 bits per heavy atom. The lowest BCUT2D eigenvalue weighted by atomic mass is 10.2. The highest BCUT2D eigenvalue weighted by Crippen LogP contribution is 2.23. The first kappa shape index (κ1) is 12.8. The number of ether oxygens (including phenoxy) is 1. The molecular weight excluding hydrogens is 234 g/mol. The second-order valence-corrected chi connectivity index (χ2v) is 4.41. The fourth-order valence-electron chi connectivity index (χ4n) is 2.00. The van der Waals surface area contributed by atoms with Crippen LogP contribution in [0.3, 0.4) is 0 Å². The molecule has 2 rings (SSSR count). The molecule has 0 bridgehead atoms. The fourth-order valence-corrected chi connectivity index (χ4v) is 2.00. The summed E-state index contributed by atoms with van der Waals surface area (Å²) < 4.78 is 5.60. The van der Waals surface area contributed by atoms with Crippen LogP contribution in [0.2, 0.25) is 0 Å². The van der Waals surface area contributed by atoms with Crippen LogP contribution < -0.4 is 5.32 Å². The second kappa shape index (κ2) is 5.79. The number of likely N-dealkylation sites (N-methyl/N-ethyl adjacent to an activating group) is 1. The smallest absolute Gasteiger partial charge is 0.292 e. The summed E-state index contributed by atoms with van der Waals surface area (Å²) in [6.45, 7) is 3.06. The van der Waals surface area contributed by atoms with E-state index in [-0.39, 0.29) is 16.7 Å². The topological polar surface area (TPSA) is 67.6 Å². The lowest BCUT2D eigenvalue weighted by Crippen LogP contribution is -2.43. The van der Waals surface area contributed by atoms with Crippen LogP contribution in [0.1, 0.15) is 0 Å². The largest absolute Gasteiger partial charge is 0.377 e. The summed E-state index contributed by atoms with van der Waals surface area (Å²) in [6.07, 6.45) is 0.0727. The zero-order valence-corrected chi connectivity index (χ0v) is 10.3. The number of nitrogens with zero attached hydrogens (tertiary/aromatic N) is 2. The molecule has 1 aliphatic rings. The van der Waals surface area contributed by atoms with Crippen LogP contribution in [-0.4, -0.2) is 49.2 Å². The molecule has 1 heterocycles. The Balaban J connectivity index is 1.95. The Bertz CT molecular complexity index is 425. The van der Waals surface area contributed by atoms with Crippen LogP contribution in [0, 0.1) is 10.1 Å². The van der Waals surface area contributed by atoms with Gasteiger partial charge in [0.1, 0.15) is 5.69 Å². The van der Waals surface area contributed by atoms with E-state index in [1.165, 1.54) is 6.07 Å². The number of hydrogen-bond acceptors (Lipinski definition) is 5. The van der Waals surface area contributed by atoms with Gasteiger partial charge in [0, 0.05) is 25.7 Å². The molecule has 0 aromatic heterocycles. The molecule has 0 aliphatic carbocycles. The molecule has 1 aromatic carbocycles. The Labute approximate surface area is 106 Å². The molecule has 0 amide bonds. The zero-order valence-electron chi connectivity index (χ0n) is 10.3. The van der Waals surface area contributed by atoms with Crippen molar-refractivity contribution in [1.82, 2.24) is 4.90 Å². The maximum atomic E-state index is 10.9. The van der Waals surface area contributed by atoms with Gasteiger partial charge in [-0.1, -0.05) is 12.1 Å². The van der Waals surface area contributed by atoms with Crippen molar-refractivity contribution < 1.29 is 9.66 Å². The predicted molar refractivity (Wildman–Crippen MR) is 68.8 cm³/mol. The van der Waals surface area contributed by atoms with E-state index in [2.05, 4.69) is 10.2 Å². The summed E-state index contributed by atoms with van der Waals surface area (Å²) in [6, 6.07) is 6.65. The number of anilines is 1. The van der Waals surface area contributed by atoms with Crippen LogP contribution in [0.25, 0.3) is 0 Å². The third kappa shape index (κ3) is 3.18. The van der Waals surface area contributed by atoms with Gasteiger partial charge in [0.05, 0.1) is 17.6 Å². The molecule has 6 heteroatoms. The van der Waals surface area contributed by atoms with Gasteiger partial charge < -0.3 is 15.0 Å². The van der Waals surface area contributed by atoms with Crippen molar-refractivity contribution >= 4 is 11.4 Å². The van der Waals surface area contributed by atoms with Gasteiger partial charge in [0.2, 0.25) is 0 Å². The Morgan fingerprint density at radius 1 is 1.56 bits per heavy atom. The lowest BCUT2D eigenvalue weighted by Gasteiger charge is -2.30. The van der Waals surface area contributed by atoms with Crippen molar-refractivity contribution in [2.75, 3.05) is 38.6 Å². The number of nitrogens with one attached hydrogen (secondary N) is 1. The van der Waals surface area contributed by atoms with Gasteiger partial charge in [-0.25, -0.2) is 0 Å². The van der Waals surface area contributed by atoms with Gasteiger partial charge in [-0.2, -0.15) is 0 Å². The van der Waals surface area contributed by atoms with Gasteiger partial charge in [-0.05, 0) is 13.1 Å². The molecule has 98 valence electrons. The predicted octanol–water partition coefficient (Wildman–Crippen LogP) is 1.34. The van der Waals surface area contributed by atoms with Crippen molar-refractivity contribution in [2.45, 2.75) is 6.10 Å². The summed E-state index contributed by atoms with van der Waals surface area (Å²) >= 11 is 0. The van der Waals surface area contributed by atoms with Crippen LogP contribution in [-0.2, 0) is 4.74 Å². The molecule has 1 saturated heterocycles. The maximum Gasteiger partial charge on any atom is 0.292 e. The summed E-state index contributed by atoms with van der Waals surface area (Å²) in [5.41, 5.74) is 0.640. The molecule has 1 fully saturated rings.